The second-order valence-electron chi connectivity index (χ2n) is 5.66. The summed E-state index contributed by atoms with van der Waals surface area (Å²) in [5.41, 5.74) is 7.71. The smallest absolute Gasteiger partial charge is 0.0595 e. The van der Waals surface area contributed by atoms with Crippen LogP contribution in [0.5, 0.6) is 0 Å². The molecule has 0 aliphatic heterocycles. The van der Waals surface area contributed by atoms with Crippen molar-refractivity contribution in [3.8, 4) is 0 Å². The van der Waals surface area contributed by atoms with Crippen molar-refractivity contribution in [3.63, 3.8) is 0 Å². The average molecular weight is 286 g/mol. The first kappa shape index (κ1) is 14.2. The molecule has 3 heteroatoms. The highest BCUT2D eigenvalue weighted by molar-refractivity contribution is 6.42. The van der Waals surface area contributed by atoms with Crippen LogP contribution in [0.3, 0.4) is 0 Å². The van der Waals surface area contributed by atoms with E-state index in [1.165, 1.54) is 24.8 Å². The van der Waals surface area contributed by atoms with Crippen LogP contribution in [0.15, 0.2) is 18.2 Å². The van der Waals surface area contributed by atoms with Gasteiger partial charge in [-0.1, -0.05) is 55.5 Å². The molecule has 2 atom stereocenters. The van der Waals surface area contributed by atoms with E-state index in [4.69, 9.17) is 28.9 Å². The zero-order valence-electron chi connectivity index (χ0n) is 10.9. The van der Waals surface area contributed by atoms with Crippen LogP contribution in [0.4, 0.5) is 0 Å². The maximum absolute atomic E-state index is 6.57. The first-order chi connectivity index (χ1) is 8.52. The van der Waals surface area contributed by atoms with Crippen LogP contribution < -0.4 is 5.73 Å². The minimum atomic E-state index is -0.0594. The fraction of sp³-hybridized carbons (Fsp3) is 0.600. The van der Waals surface area contributed by atoms with E-state index >= 15 is 0 Å². The Hall–Kier alpha value is -0.240. The predicted octanol–water partition coefficient (Wildman–Crippen LogP) is 4.83. The largest absolute Gasteiger partial charge is 0.325 e. The summed E-state index contributed by atoms with van der Waals surface area (Å²) in [6.45, 7) is 2.26. The lowest BCUT2D eigenvalue weighted by Crippen LogP contribution is -2.46. The van der Waals surface area contributed by atoms with Crippen molar-refractivity contribution in [1.82, 2.24) is 0 Å². The lowest BCUT2D eigenvalue weighted by Gasteiger charge is -2.38. The Bertz CT molecular complexity index is 419. The molecule has 1 saturated carbocycles. The number of benzene rings is 1. The van der Waals surface area contributed by atoms with Crippen LogP contribution in [0.25, 0.3) is 0 Å². The van der Waals surface area contributed by atoms with Gasteiger partial charge in [-0.05, 0) is 42.9 Å². The summed E-state index contributed by atoms with van der Waals surface area (Å²) in [6, 6.07) is 5.86. The molecule has 100 valence electrons. The molecule has 0 heterocycles. The lowest BCUT2D eigenvalue weighted by atomic mass is 9.72. The molecule has 1 aromatic carbocycles. The lowest BCUT2D eigenvalue weighted by molar-refractivity contribution is 0.218. The Morgan fingerprint density at radius 1 is 1.33 bits per heavy atom. The van der Waals surface area contributed by atoms with Crippen molar-refractivity contribution < 1.29 is 0 Å². The van der Waals surface area contributed by atoms with E-state index in [2.05, 4.69) is 6.92 Å². The Morgan fingerprint density at radius 3 is 2.78 bits per heavy atom. The molecule has 1 aliphatic carbocycles. The monoisotopic (exact) mass is 285 g/mol. The molecule has 0 bridgehead atoms. The normalized spacial score (nSPS) is 28.3. The summed E-state index contributed by atoms with van der Waals surface area (Å²) >= 11 is 12.0. The van der Waals surface area contributed by atoms with Gasteiger partial charge in [0, 0.05) is 5.54 Å². The van der Waals surface area contributed by atoms with Crippen LogP contribution in [-0.2, 0) is 6.42 Å². The molecular formula is C15H21Cl2N. The van der Waals surface area contributed by atoms with E-state index in [0.717, 1.165) is 25.2 Å². The Morgan fingerprint density at radius 2 is 2.11 bits per heavy atom. The maximum atomic E-state index is 6.57. The zero-order valence-corrected chi connectivity index (χ0v) is 12.4. The van der Waals surface area contributed by atoms with E-state index in [1.807, 2.05) is 18.2 Å². The molecule has 0 amide bonds. The first-order valence-corrected chi connectivity index (χ1v) is 7.51. The van der Waals surface area contributed by atoms with Gasteiger partial charge < -0.3 is 5.73 Å². The van der Waals surface area contributed by atoms with Crippen LogP contribution in [0.2, 0.25) is 10.0 Å². The number of halogens is 2. The standard InChI is InChI=1S/C15H21Cl2N/c1-2-11-4-3-7-15(18,9-11)10-12-5-6-13(16)14(17)8-12/h5-6,8,11H,2-4,7,9-10,18H2,1H3. The highest BCUT2D eigenvalue weighted by Gasteiger charge is 2.32. The van der Waals surface area contributed by atoms with Gasteiger partial charge in [0.25, 0.3) is 0 Å². The molecule has 0 aromatic heterocycles. The van der Waals surface area contributed by atoms with E-state index in [1.54, 1.807) is 0 Å². The summed E-state index contributed by atoms with van der Waals surface area (Å²) in [7, 11) is 0. The maximum Gasteiger partial charge on any atom is 0.0595 e. The Labute approximate surface area is 120 Å². The predicted molar refractivity (Wildman–Crippen MR) is 79.3 cm³/mol. The van der Waals surface area contributed by atoms with Crippen molar-refractivity contribution in [1.29, 1.82) is 0 Å². The van der Waals surface area contributed by atoms with Gasteiger partial charge in [-0.3, -0.25) is 0 Å². The molecule has 1 nitrogen and oxygen atoms in total. The third-order valence-corrected chi connectivity index (χ3v) is 4.84. The van der Waals surface area contributed by atoms with Crippen molar-refractivity contribution in [2.75, 3.05) is 0 Å². The van der Waals surface area contributed by atoms with E-state index in [-0.39, 0.29) is 5.54 Å². The summed E-state index contributed by atoms with van der Waals surface area (Å²) < 4.78 is 0. The molecule has 0 saturated heterocycles. The van der Waals surface area contributed by atoms with Gasteiger partial charge in [0.1, 0.15) is 0 Å². The van der Waals surface area contributed by atoms with Crippen molar-refractivity contribution in [3.05, 3.63) is 33.8 Å². The van der Waals surface area contributed by atoms with E-state index in [9.17, 15) is 0 Å². The fourth-order valence-electron chi connectivity index (χ4n) is 3.09. The summed E-state index contributed by atoms with van der Waals surface area (Å²) in [6.07, 6.45) is 6.96. The fourth-order valence-corrected chi connectivity index (χ4v) is 3.41. The van der Waals surface area contributed by atoms with Crippen LogP contribution in [-0.4, -0.2) is 5.54 Å². The SMILES string of the molecule is CCC1CCCC(N)(Cc2ccc(Cl)c(Cl)c2)C1. The second kappa shape index (κ2) is 5.81. The molecule has 0 radical (unpaired) electrons. The van der Waals surface area contributed by atoms with Gasteiger partial charge in [-0.15, -0.1) is 0 Å². The summed E-state index contributed by atoms with van der Waals surface area (Å²) in [5, 5.41) is 1.24. The van der Waals surface area contributed by atoms with Gasteiger partial charge in [0.2, 0.25) is 0 Å². The van der Waals surface area contributed by atoms with Crippen molar-refractivity contribution in [2.24, 2.45) is 11.7 Å². The molecule has 1 aliphatic rings. The molecule has 18 heavy (non-hydrogen) atoms. The number of rotatable bonds is 3. The highest BCUT2D eigenvalue weighted by Crippen LogP contribution is 2.35. The second-order valence-corrected chi connectivity index (χ2v) is 6.47. The first-order valence-electron chi connectivity index (χ1n) is 6.75. The van der Waals surface area contributed by atoms with Gasteiger partial charge in [0.05, 0.1) is 10.0 Å². The number of nitrogens with two attached hydrogens (primary N) is 1. The van der Waals surface area contributed by atoms with E-state index < -0.39 is 0 Å². The Kier molecular flexibility index (Phi) is 4.58. The number of hydrogen-bond donors (Lipinski definition) is 1. The van der Waals surface area contributed by atoms with Crippen LogP contribution in [0, 0.1) is 5.92 Å². The van der Waals surface area contributed by atoms with Crippen molar-refractivity contribution in [2.45, 2.75) is 51.0 Å². The highest BCUT2D eigenvalue weighted by atomic mass is 35.5. The van der Waals surface area contributed by atoms with Gasteiger partial charge in [-0.2, -0.15) is 0 Å². The summed E-state index contributed by atoms with van der Waals surface area (Å²) in [5.74, 6) is 0.784. The van der Waals surface area contributed by atoms with Gasteiger partial charge in [0.15, 0.2) is 0 Å². The number of hydrogen-bond acceptors (Lipinski definition) is 1. The molecule has 2 N–H and O–H groups in total. The minimum absolute atomic E-state index is 0.0594. The van der Waals surface area contributed by atoms with Crippen LogP contribution in [0.1, 0.15) is 44.6 Å². The summed E-state index contributed by atoms with van der Waals surface area (Å²) in [4.78, 5) is 0. The molecular weight excluding hydrogens is 265 g/mol. The Balaban J connectivity index is 2.09. The topological polar surface area (TPSA) is 26.0 Å². The zero-order chi connectivity index (χ0) is 13.2. The molecule has 2 rings (SSSR count). The third kappa shape index (κ3) is 3.40. The van der Waals surface area contributed by atoms with Gasteiger partial charge in [-0.25, -0.2) is 0 Å². The average Bonchev–Trinajstić information content (AvgIpc) is 2.33. The quantitative estimate of drug-likeness (QED) is 0.845. The molecule has 0 spiro atoms. The molecule has 1 aromatic rings. The van der Waals surface area contributed by atoms with Gasteiger partial charge >= 0.3 is 0 Å². The molecule has 1 fully saturated rings. The third-order valence-electron chi connectivity index (χ3n) is 4.10. The molecule has 2 unspecified atom stereocenters. The van der Waals surface area contributed by atoms with Crippen molar-refractivity contribution >= 4 is 23.2 Å². The minimum Gasteiger partial charge on any atom is -0.325 e. The van der Waals surface area contributed by atoms with E-state index in [0.29, 0.717) is 10.0 Å². The van der Waals surface area contributed by atoms with Crippen LogP contribution >= 0.6 is 23.2 Å².